The number of aryl methyl sites for hydroxylation is 1. The van der Waals surface area contributed by atoms with E-state index in [1.807, 2.05) is 30.3 Å². The molecule has 236 valence electrons. The molecule has 3 aromatic rings. The molecule has 7 heteroatoms. The summed E-state index contributed by atoms with van der Waals surface area (Å²) in [5, 5.41) is 32.1. The van der Waals surface area contributed by atoms with Crippen molar-refractivity contribution in [2.24, 2.45) is 17.8 Å². The molecule has 45 heavy (non-hydrogen) atoms. The molecular weight excluding hydrogens is 568 g/mol. The number of fused-ring (bicyclic) bond motifs is 7. The van der Waals surface area contributed by atoms with E-state index < -0.39 is 12.2 Å². The molecule has 4 aliphatic rings. The van der Waals surface area contributed by atoms with Crippen LogP contribution in [0.4, 0.5) is 0 Å². The second-order valence-electron chi connectivity index (χ2n) is 13.5. The van der Waals surface area contributed by atoms with Crippen molar-refractivity contribution in [3.63, 3.8) is 0 Å². The van der Waals surface area contributed by atoms with E-state index in [0.717, 1.165) is 89.0 Å². The van der Waals surface area contributed by atoms with Crippen LogP contribution in [0.1, 0.15) is 73.5 Å². The van der Waals surface area contributed by atoms with Gasteiger partial charge < -0.3 is 34.3 Å². The van der Waals surface area contributed by atoms with Crippen molar-refractivity contribution in [2.75, 3.05) is 13.7 Å². The highest BCUT2D eigenvalue weighted by atomic mass is 16.5. The second kappa shape index (κ2) is 12.2. The molecule has 0 amide bonds. The molecule has 7 nitrogen and oxygen atoms in total. The Morgan fingerprint density at radius 3 is 2.67 bits per heavy atom. The van der Waals surface area contributed by atoms with Crippen molar-refractivity contribution in [2.45, 2.75) is 83.5 Å². The number of phenolic OH excluding ortho intramolecular Hbond substituents is 1. The number of hydrogen-bond acceptors (Lipinski definition) is 7. The van der Waals surface area contributed by atoms with Crippen LogP contribution in [0.3, 0.4) is 0 Å². The van der Waals surface area contributed by atoms with E-state index in [9.17, 15) is 15.3 Å². The number of hydrogen-bond donors (Lipinski definition) is 3. The van der Waals surface area contributed by atoms with Gasteiger partial charge in [-0.25, -0.2) is 0 Å². The monoisotopic (exact) mass is 610 g/mol. The number of ether oxygens (including phenoxy) is 4. The highest BCUT2D eigenvalue weighted by Gasteiger charge is 2.37. The van der Waals surface area contributed by atoms with E-state index in [-0.39, 0.29) is 24.5 Å². The largest absolute Gasteiger partial charge is 0.508 e. The third-order valence-corrected chi connectivity index (χ3v) is 10.0. The fourth-order valence-corrected chi connectivity index (χ4v) is 7.71. The number of aromatic hydroxyl groups is 1. The Labute approximate surface area is 265 Å². The molecule has 5 atom stereocenters. The molecule has 0 aromatic heterocycles. The number of aliphatic hydroxyl groups excluding tert-OH is 2. The average molecular weight is 611 g/mol. The van der Waals surface area contributed by atoms with Crippen molar-refractivity contribution in [1.29, 1.82) is 0 Å². The smallest absolute Gasteiger partial charge is 0.182 e. The molecule has 1 fully saturated rings. The molecule has 0 bridgehead atoms. The fraction of sp³-hybridized carbons (Fsp3) is 0.474. The van der Waals surface area contributed by atoms with E-state index in [4.69, 9.17) is 18.9 Å². The van der Waals surface area contributed by atoms with Crippen molar-refractivity contribution in [3.8, 4) is 51.9 Å². The first-order valence-corrected chi connectivity index (χ1v) is 16.3. The summed E-state index contributed by atoms with van der Waals surface area (Å²) in [5.41, 5.74) is 7.11. The first-order chi connectivity index (χ1) is 21.8. The molecule has 3 aromatic carbocycles. The van der Waals surface area contributed by atoms with E-state index in [0.29, 0.717) is 36.0 Å². The molecule has 0 saturated heterocycles. The lowest BCUT2D eigenvalue weighted by Crippen LogP contribution is -2.35. The summed E-state index contributed by atoms with van der Waals surface area (Å²) in [6.07, 6.45) is 7.58. The van der Waals surface area contributed by atoms with Gasteiger partial charge in [-0.05, 0) is 102 Å². The molecule has 0 spiro atoms. The van der Waals surface area contributed by atoms with Crippen LogP contribution in [0.5, 0.6) is 28.7 Å². The molecule has 2 aliphatic carbocycles. The van der Waals surface area contributed by atoms with Crippen LogP contribution in [-0.4, -0.2) is 41.2 Å². The maximum absolute atomic E-state index is 11.6. The van der Waals surface area contributed by atoms with Gasteiger partial charge in [-0.3, -0.25) is 0 Å². The lowest BCUT2D eigenvalue weighted by Gasteiger charge is -2.36. The number of methoxy groups -OCH3 is 1. The maximum Gasteiger partial charge on any atom is 0.182 e. The molecule has 7 rings (SSSR count). The Morgan fingerprint density at radius 1 is 1.00 bits per heavy atom. The fourth-order valence-electron chi connectivity index (χ4n) is 7.71. The maximum atomic E-state index is 11.6. The van der Waals surface area contributed by atoms with Crippen molar-refractivity contribution >= 4 is 0 Å². The van der Waals surface area contributed by atoms with Gasteiger partial charge in [-0.1, -0.05) is 25.8 Å². The van der Waals surface area contributed by atoms with Gasteiger partial charge in [0.25, 0.3) is 0 Å². The quantitative estimate of drug-likeness (QED) is 0.292. The highest BCUT2D eigenvalue weighted by Crippen LogP contribution is 2.50. The van der Waals surface area contributed by atoms with Crippen LogP contribution < -0.4 is 18.9 Å². The summed E-state index contributed by atoms with van der Waals surface area (Å²) in [4.78, 5) is 0. The van der Waals surface area contributed by atoms with Crippen molar-refractivity contribution in [3.05, 3.63) is 64.2 Å². The third kappa shape index (κ3) is 5.60. The minimum absolute atomic E-state index is 0.0690. The van der Waals surface area contributed by atoms with Crippen LogP contribution in [0.2, 0.25) is 0 Å². The number of aliphatic hydroxyl groups is 2. The molecule has 0 radical (unpaired) electrons. The number of phenols is 1. The van der Waals surface area contributed by atoms with E-state index in [1.54, 1.807) is 7.11 Å². The Hall–Kier alpha value is -3.86. The Balaban J connectivity index is 1.22. The molecule has 3 N–H and O–H groups in total. The van der Waals surface area contributed by atoms with E-state index in [1.165, 1.54) is 0 Å². The molecule has 2 aliphatic heterocycles. The Bertz CT molecular complexity index is 1660. The van der Waals surface area contributed by atoms with Gasteiger partial charge in [-0.2, -0.15) is 0 Å². The summed E-state index contributed by atoms with van der Waals surface area (Å²) < 4.78 is 24.9. The normalized spacial score (nSPS) is 24.7. The lowest BCUT2D eigenvalue weighted by molar-refractivity contribution is 0.0196. The van der Waals surface area contributed by atoms with Crippen molar-refractivity contribution in [1.82, 2.24) is 0 Å². The van der Waals surface area contributed by atoms with E-state index >= 15 is 0 Å². The van der Waals surface area contributed by atoms with Gasteiger partial charge >= 0.3 is 0 Å². The number of benzene rings is 3. The summed E-state index contributed by atoms with van der Waals surface area (Å²) in [6.45, 7) is 4.46. The Kier molecular flexibility index (Phi) is 8.05. The molecular formula is C38H42O7. The van der Waals surface area contributed by atoms with Crippen LogP contribution in [0, 0.1) is 29.8 Å². The van der Waals surface area contributed by atoms with Crippen LogP contribution >= 0.6 is 0 Å². The highest BCUT2D eigenvalue weighted by molar-refractivity contribution is 5.82. The topological polar surface area (TPSA) is 97.6 Å². The minimum Gasteiger partial charge on any atom is -0.508 e. The zero-order valence-electron chi connectivity index (χ0n) is 26.3. The van der Waals surface area contributed by atoms with Crippen LogP contribution in [0.25, 0.3) is 11.1 Å². The van der Waals surface area contributed by atoms with Gasteiger partial charge in [0.15, 0.2) is 11.5 Å². The molecule has 0 unspecified atom stereocenters. The molecule has 1 saturated carbocycles. The minimum atomic E-state index is -0.774. The van der Waals surface area contributed by atoms with Gasteiger partial charge in [0, 0.05) is 42.6 Å². The summed E-state index contributed by atoms with van der Waals surface area (Å²) >= 11 is 0. The molecule has 2 heterocycles. The summed E-state index contributed by atoms with van der Waals surface area (Å²) in [6, 6.07) is 11.6. The second-order valence-corrected chi connectivity index (χ2v) is 13.5. The third-order valence-electron chi connectivity index (χ3n) is 10.0. The van der Waals surface area contributed by atoms with Gasteiger partial charge in [0.05, 0.1) is 13.2 Å². The predicted octanol–water partition coefficient (Wildman–Crippen LogP) is 6.30. The summed E-state index contributed by atoms with van der Waals surface area (Å²) in [7, 11) is 1.68. The average Bonchev–Trinajstić information content (AvgIpc) is 3.12. The standard InChI is InChI=1S/C38H42O7/c1-21(2)13-26-15-28-24(16-30(26)40)8-10-27-29-18-31(41)38(45-34(29)19-36(42-3)37(27)28)25-9-11-32-35(17-25)44-33-14-22(20-39)6-7-23(33)5-4-12-43-32/h9,11,15-17,19,21-23,31,33,38-41H,5-8,10,13-14,18,20H2,1-3H3/t22-,23+,31-,33-,38+/m1/s1. The van der Waals surface area contributed by atoms with Crippen molar-refractivity contribution < 1.29 is 34.3 Å². The number of rotatable bonds is 5. The predicted molar refractivity (Wildman–Crippen MR) is 171 cm³/mol. The first kappa shape index (κ1) is 29.8. The van der Waals surface area contributed by atoms with Crippen LogP contribution in [-0.2, 0) is 25.7 Å². The first-order valence-electron chi connectivity index (χ1n) is 16.3. The zero-order chi connectivity index (χ0) is 31.2. The zero-order valence-corrected chi connectivity index (χ0v) is 26.3. The van der Waals surface area contributed by atoms with Gasteiger partial charge in [0.2, 0.25) is 0 Å². The van der Waals surface area contributed by atoms with Gasteiger partial charge in [0.1, 0.15) is 35.6 Å². The summed E-state index contributed by atoms with van der Waals surface area (Å²) in [5.74, 6) is 6.98. The lowest BCUT2D eigenvalue weighted by atomic mass is 9.78. The van der Waals surface area contributed by atoms with E-state index in [2.05, 4.69) is 31.9 Å². The Morgan fingerprint density at radius 2 is 1.87 bits per heavy atom. The SMILES string of the molecule is COc1cc2c(c3c1-c1cc(CC(C)C)c(O)cc1CC3)C[C@@H](O)[C@H](c1ccc3c(c1)O[C@@H]1C[C@H](CO)CC[C@@H]1CC#CO3)O2. The van der Waals surface area contributed by atoms with Gasteiger partial charge in [-0.15, -0.1) is 0 Å². The van der Waals surface area contributed by atoms with Crippen LogP contribution in [0.15, 0.2) is 36.4 Å².